The van der Waals surface area contributed by atoms with Crippen molar-refractivity contribution >= 4 is 15.9 Å². The normalized spacial score (nSPS) is 16.6. The van der Waals surface area contributed by atoms with Gasteiger partial charge in [-0.25, -0.2) is 8.42 Å². The van der Waals surface area contributed by atoms with Gasteiger partial charge in [-0.05, 0) is 37.5 Å². The van der Waals surface area contributed by atoms with Crippen LogP contribution >= 0.6 is 0 Å². The van der Waals surface area contributed by atoms with E-state index in [1.807, 2.05) is 0 Å². The summed E-state index contributed by atoms with van der Waals surface area (Å²) in [5.41, 5.74) is 1.14. The molecule has 1 aliphatic rings. The first kappa shape index (κ1) is 17.7. The Kier molecular flexibility index (Phi) is 5.96. The van der Waals surface area contributed by atoms with Gasteiger partial charge >= 0.3 is 0 Å². The first-order chi connectivity index (χ1) is 11.0. The SMILES string of the molecule is C=CCNC(=O)c1cc(S(=O)(=O)N2CCCCCC2)ccc1C. The molecule has 1 fully saturated rings. The quantitative estimate of drug-likeness (QED) is 0.840. The topological polar surface area (TPSA) is 66.5 Å². The van der Waals surface area contributed by atoms with E-state index in [2.05, 4.69) is 11.9 Å². The number of nitrogens with one attached hydrogen (secondary N) is 1. The molecule has 1 N–H and O–H groups in total. The summed E-state index contributed by atoms with van der Waals surface area (Å²) in [5, 5.41) is 2.69. The van der Waals surface area contributed by atoms with E-state index in [0.717, 1.165) is 31.2 Å². The van der Waals surface area contributed by atoms with Gasteiger partial charge in [-0.15, -0.1) is 6.58 Å². The Bertz CT molecular complexity index is 675. The number of nitrogens with zero attached hydrogens (tertiary/aromatic N) is 1. The molecule has 0 aliphatic carbocycles. The first-order valence-electron chi connectivity index (χ1n) is 7.96. The van der Waals surface area contributed by atoms with Gasteiger partial charge in [-0.1, -0.05) is 25.0 Å². The van der Waals surface area contributed by atoms with Crippen molar-refractivity contribution in [2.75, 3.05) is 19.6 Å². The van der Waals surface area contributed by atoms with Gasteiger partial charge in [0.05, 0.1) is 4.90 Å². The number of sulfonamides is 1. The third kappa shape index (κ3) is 4.20. The van der Waals surface area contributed by atoms with E-state index in [0.29, 0.717) is 25.2 Å². The van der Waals surface area contributed by atoms with Crippen molar-refractivity contribution in [1.29, 1.82) is 0 Å². The minimum atomic E-state index is -3.55. The number of benzene rings is 1. The average molecular weight is 336 g/mol. The molecule has 1 aromatic carbocycles. The van der Waals surface area contributed by atoms with E-state index in [9.17, 15) is 13.2 Å². The predicted molar refractivity (Wildman–Crippen MR) is 90.9 cm³/mol. The van der Waals surface area contributed by atoms with Crippen LogP contribution < -0.4 is 5.32 Å². The fourth-order valence-electron chi connectivity index (χ4n) is 2.70. The highest BCUT2D eigenvalue weighted by atomic mass is 32.2. The molecule has 23 heavy (non-hydrogen) atoms. The number of carbonyl (C=O) groups is 1. The zero-order valence-electron chi connectivity index (χ0n) is 13.5. The summed E-state index contributed by atoms with van der Waals surface area (Å²) in [6.07, 6.45) is 5.49. The van der Waals surface area contributed by atoms with Gasteiger partial charge in [0, 0.05) is 25.2 Å². The van der Waals surface area contributed by atoms with Crippen molar-refractivity contribution in [3.05, 3.63) is 42.0 Å². The minimum absolute atomic E-state index is 0.189. The summed E-state index contributed by atoms with van der Waals surface area (Å²) in [4.78, 5) is 12.4. The summed E-state index contributed by atoms with van der Waals surface area (Å²) < 4.78 is 27.2. The predicted octanol–water partition coefficient (Wildman–Crippen LogP) is 2.48. The molecule has 1 aromatic rings. The van der Waals surface area contributed by atoms with E-state index in [1.165, 1.54) is 10.4 Å². The number of hydrogen-bond acceptors (Lipinski definition) is 3. The Morgan fingerprint density at radius 2 is 1.91 bits per heavy atom. The molecule has 5 nitrogen and oxygen atoms in total. The monoisotopic (exact) mass is 336 g/mol. The molecule has 2 rings (SSSR count). The number of amides is 1. The highest BCUT2D eigenvalue weighted by Gasteiger charge is 2.26. The average Bonchev–Trinajstić information content (AvgIpc) is 2.82. The number of hydrogen-bond donors (Lipinski definition) is 1. The summed E-state index contributed by atoms with van der Waals surface area (Å²) >= 11 is 0. The molecular formula is C17H24N2O3S. The molecule has 1 saturated heterocycles. The highest BCUT2D eigenvalue weighted by molar-refractivity contribution is 7.89. The van der Waals surface area contributed by atoms with Gasteiger partial charge < -0.3 is 5.32 Å². The molecule has 1 heterocycles. The number of carbonyl (C=O) groups excluding carboxylic acids is 1. The molecule has 0 atom stereocenters. The second-order valence-electron chi connectivity index (χ2n) is 5.79. The van der Waals surface area contributed by atoms with Crippen LogP contribution in [-0.4, -0.2) is 38.3 Å². The van der Waals surface area contributed by atoms with Crippen LogP contribution in [0.3, 0.4) is 0 Å². The maximum Gasteiger partial charge on any atom is 0.251 e. The Balaban J connectivity index is 2.31. The Morgan fingerprint density at radius 1 is 1.26 bits per heavy atom. The first-order valence-corrected chi connectivity index (χ1v) is 9.40. The third-order valence-electron chi connectivity index (χ3n) is 4.06. The highest BCUT2D eigenvalue weighted by Crippen LogP contribution is 2.22. The van der Waals surface area contributed by atoms with Crippen LogP contribution in [-0.2, 0) is 10.0 Å². The van der Waals surface area contributed by atoms with Gasteiger partial charge in [0.1, 0.15) is 0 Å². The Morgan fingerprint density at radius 3 is 2.52 bits per heavy atom. The molecule has 0 radical (unpaired) electrons. The van der Waals surface area contributed by atoms with Crippen LogP contribution in [0.5, 0.6) is 0 Å². The van der Waals surface area contributed by atoms with Crippen molar-refractivity contribution in [1.82, 2.24) is 9.62 Å². The lowest BCUT2D eigenvalue weighted by Crippen LogP contribution is -2.32. The van der Waals surface area contributed by atoms with Crippen LogP contribution in [0.2, 0.25) is 0 Å². The molecule has 0 saturated carbocycles. The van der Waals surface area contributed by atoms with Crippen molar-refractivity contribution < 1.29 is 13.2 Å². The van der Waals surface area contributed by atoms with Crippen LogP contribution in [0.4, 0.5) is 0 Å². The van der Waals surface area contributed by atoms with Crippen molar-refractivity contribution in [2.24, 2.45) is 0 Å². The van der Waals surface area contributed by atoms with E-state index < -0.39 is 10.0 Å². The maximum atomic E-state index is 12.8. The van der Waals surface area contributed by atoms with E-state index >= 15 is 0 Å². The Labute approximate surface area is 138 Å². The fraction of sp³-hybridized carbons (Fsp3) is 0.471. The molecule has 0 aromatic heterocycles. The standard InChI is InChI=1S/C17H24N2O3S/c1-3-10-18-17(20)16-13-15(9-8-14(16)2)23(21,22)19-11-6-4-5-7-12-19/h3,8-9,13H,1,4-7,10-12H2,2H3,(H,18,20). The van der Waals surface area contributed by atoms with Gasteiger partial charge in [0.15, 0.2) is 0 Å². The summed E-state index contributed by atoms with van der Waals surface area (Å²) in [6, 6.07) is 4.75. The van der Waals surface area contributed by atoms with Gasteiger partial charge in [-0.3, -0.25) is 4.79 Å². The molecule has 126 valence electrons. The van der Waals surface area contributed by atoms with Crippen molar-refractivity contribution in [3.8, 4) is 0 Å². The third-order valence-corrected chi connectivity index (χ3v) is 5.96. The number of aryl methyl sites for hydroxylation is 1. The number of rotatable bonds is 5. The van der Waals surface area contributed by atoms with Crippen LogP contribution in [0, 0.1) is 6.92 Å². The molecule has 0 unspecified atom stereocenters. The van der Waals surface area contributed by atoms with Crippen LogP contribution in [0.1, 0.15) is 41.6 Å². The molecule has 6 heteroatoms. The largest absolute Gasteiger partial charge is 0.349 e. The summed E-state index contributed by atoms with van der Waals surface area (Å²) in [6.45, 7) is 6.80. The molecule has 1 amide bonds. The lowest BCUT2D eigenvalue weighted by atomic mass is 10.1. The summed E-state index contributed by atoms with van der Waals surface area (Å²) in [5.74, 6) is -0.282. The summed E-state index contributed by atoms with van der Waals surface area (Å²) in [7, 11) is -3.55. The Hall–Kier alpha value is -1.66. The van der Waals surface area contributed by atoms with Gasteiger partial charge in [0.2, 0.25) is 10.0 Å². The zero-order valence-corrected chi connectivity index (χ0v) is 14.4. The molecular weight excluding hydrogens is 312 g/mol. The minimum Gasteiger partial charge on any atom is -0.349 e. The van der Waals surface area contributed by atoms with Crippen LogP contribution in [0.15, 0.2) is 35.7 Å². The lowest BCUT2D eigenvalue weighted by Gasteiger charge is -2.20. The molecule has 1 aliphatic heterocycles. The van der Waals surface area contributed by atoms with Gasteiger partial charge in [-0.2, -0.15) is 4.31 Å². The van der Waals surface area contributed by atoms with E-state index in [1.54, 1.807) is 25.1 Å². The maximum absolute atomic E-state index is 12.8. The van der Waals surface area contributed by atoms with Gasteiger partial charge in [0.25, 0.3) is 5.91 Å². The molecule has 0 spiro atoms. The lowest BCUT2D eigenvalue weighted by molar-refractivity contribution is 0.0957. The zero-order chi connectivity index (χ0) is 16.9. The van der Waals surface area contributed by atoms with Crippen molar-refractivity contribution in [2.45, 2.75) is 37.5 Å². The van der Waals surface area contributed by atoms with Crippen LogP contribution in [0.25, 0.3) is 0 Å². The fourth-order valence-corrected chi connectivity index (χ4v) is 4.24. The second kappa shape index (κ2) is 7.75. The van der Waals surface area contributed by atoms with E-state index in [-0.39, 0.29) is 10.8 Å². The van der Waals surface area contributed by atoms with E-state index in [4.69, 9.17) is 0 Å². The van der Waals surface area contributed by atoms with Crippen molar-refractivity contribution in [3.63, 3.8) is 0 Å². The second-order valence-corrected chi connectivity index (χ2v) is 7.73. The molecule has 0 bridgehead atoms. The smallest absolute Gasteiger partial charge is 0.251 e.